The standard InChI is InChI=1S/C23H27N3O/c1-7-24-17-11-21-18(9-14(17)3)25-19-10-16-15(4)13-23(5,6)26(8-2)20(16)12-22(19)27-21/h9-13H,7-8H2,1-6H3. The van der Waals surface area contributed by atoms with Crippen LogP contribution in [0.25, 0.3) is 28.1 Å². The van der Waals surface area contributed by atoms with Crippen LogP contribution < -0.4 is 10.3 Å². The van der Waals surface area contributed by atoms with Crippen LogP contribution in [-0.2, 0) is 0 Å². The van der Waals surface area contributed by atoms with E-state index in [4.69, 9.17) is 9.40 Å². The van der Waals surface area contributed by atoms with Gasteiger partial charge in [0.15, 0.2) is 11.3 Å². The first kappa shape index (κ1) is 17.8. The van der Waals surface area contributed by atoms with Crippen molar-refractivity contribution in [1.29, 1.82) is 0 Å². The third kappa shape index (κ3) is 2.84. The first-order valence-corrected chi connectivity index (χ1v) is 9.71. The Morgan fingerprint density at radius 3 is 2.59 bits per heavy atom. The molecule has 1 aromatic rings. The van der Waals surface area contributed by atoms with E-state index in [2.05, 4.69) is 68.8 Å². The molecular formula is C23H27N3O. The van der Waals surface area contributed by atoms with Crippen LogP contribution in [0.15, 0.2) is 39.8 Å². The number of allylic oxidation sites excluding steroid dienone is 1. The van der Waals surface area contributed by atoms with E-state index in [0.717, 1.165) is 46.6 Å². The Bertz CT molecular complexity index is 1100. The zero-order valence-corrected chi connectivity index (χ0v) is 17.1. The molecule has 3 aliphatic rings. The van der Waals surface area contributed by atoms with E-state index < -0.39 is 0 Å². The molecule has 4 nitrogen and oxygen atoms in total. The van der Waals surface area contributed by atoms with Gasteiger partial charge in [-0.25, -0.2) is 4.98 Å². The molecule has 2 heterocycles. The molecule has 0 N–H and O–H groups in total. The van der Waals surface area contributed by atoms with E-state index in [9.17, 15) is 0 Å². The summed E-state index contributed by atoms with van der Waals surface area (Å²) in [6.07, 6.45) is 2.34. The van der Waals surface area contributed by atoms with E-state index >= 15 is 0 Å². The normalized spacial score (nSPS) is 16.7. The van der Waals surface area contributed by atoms with Gasteiger partial charge in [0.25, 0.3) is 0 Å². The van der Waals surface area contributed by atoms with Crippen LogP contribution in [0.4, 0.5) is 5.69 Å². The molecule has 1 aliphatic carbocycles. The predicted octanol–water partition coefficient (Wildman–Crippen LogP) is 5.18. The molecule has 0 radical (unpaired) electrons. The van der Waals surface area contributed by atoms with Gasteiger partial charge in [-0.2, -0.15) is 0 Å². The number of fused-ring (bicyclic) bond motifs is 3. The van der Waals surface area contributed by atoms with Gasteiger partial charge >= 0.3 is 0 Å². The second-order valence-electron chi connectivity index (χ2n) is 7.86. The molecule has 4 rings (SSSR count). The SMILES string of the molecule is CCN=c1cc2oc3cc4c(cc3nc-2cc1C)C(C)=CC(C)(C)N4CC. The summed E-state index contributed by atoms with van der Waals surface area (Å²) in [5.74, 6) is 0.783. The molecule has 0 saturated heterocycles. The molecular weight excluding hydrogens is 334 g/mol. The van der Waals surface area contributed by atoms with Crippen molar-refractivity contribution >= 4 is 22.4 Å². The number of benzene rings is 2. The number of hydrogen-bond donors (Lipinski definition) is 0. The van der Waals surface area contributed by atoms with Crippen LogP contribution >= 0.6 is 0 Å². The van der Waals surface area contributed by atoms with Crippen molar-refractivity contribution in [2.45, 2.75) is 47.1 Å². The van der Waals surface area contributed by atoms with Gasteiger partial charge in [-0.3, -0.25) is 4.99 Å². The summed E-state index contributed by atoms with van der Waals surface area (Å²) in [4.78, 5) is 11.9. The average Bonchev–Trinajstić information content (AvgIpc) is 2.59. The number of nitrogens with zero attached hydrogens (tertiary/aromatic N) is 3. The molecule has 0 saturated carbocycles. The number of rotatable bonds is 2. The van der Waals surface area contributed by atoms with Crippen molar-refractivity contribution in [2.75, 3.05) is 18.0 Å². The molecule has 0 bridgehead atoms. The molecule has 0 aromatic heterocycles. The Kier molecular flexibility index (Phi) is 4.10. The molecule has 2 aliphatic heterocycles. The highest BCUT2D eigenvalue weighted by Gasteiger charge is 2.31. The minimum Gasteiger partial charge on any atom is -0.453 e. The summed E-state index contributed by atoms with van der Waals surface area (Å²) in [5, 5.41) is 0.975. The minimum atomic E-state index is -0.0198. The van der Waals surface area contributed by atoms with Crippen LogP contribution in [0.2, 0.25) is 0 Å². The van der Waals surface area contributed by atoms with Crippen molar-refractivity contribution < 1.29 is 4.42 Å². The van der Waals surface area contributed by atoms with Crippen molar-refractivity contribution in [3.63, 3.8) is 0 Å². The minimum absolute atomic E-state index is 0.0198. The summed E-state index contributed by atoms with van der Waals surface area (Å²) in [5.41, 5.74) is 7.43. The molecule has 0 atom stereocenters. The lowest BCUT2D eigenvalue weighted by molar-refractivity contribution is 0.564. The molecule has 1 aromatic carbocycles. The fourth-order valence-electron chi connectivity index (χ4n) is 4.26. The van der Waals surface area contributed by atoms with Gasteiger partial charge in [-0.05, 0) is 64.8 Å². The number of hydrogen-bond acceptors (Lipinski definition) is 4. The Balaban J connectivity index is 2.01. The Labute approximate surface area is 160 Å². The molecule has 4 heteroatoms. The maximum Gasteiger partial charge on any atom is 0.155 e. The molecule has 0 spiro atoms. The Morgan fingerprint density at radius 2 is 1.89 bits per heavy atom. The molecule has 27 heavy (non-hydrogen) atoms. The number of aryl methyl sites for hydroxylation is 1. The zero-order chi connectivity index (χ0) is 19.3. The number of likely N-dealkylation sites (N-methyl/N-ethyl adjacent to an activating group) is 1. The summed E-state index contributed by atoms with van der Waals surface area (Å²) in [7, 11) is 0. The highest BCUT2D eigenvalue weighted by Crippen LogP contribution is 2.41. The summed E-state index contributed by atoms with van der Waals surface area (Å²) in [6, 6.07) is 8.38. The smallest absolute Gasteiger partial charge is 0.155 e. The van der Waals surface area contributed by atoms with Crippen LogP contribution in [-0.4, -0.2) is 23.6 Å². The van der Waals surface area contributed by atoms with Crippen molar-refractivity contribution in [3.05, 3.63) is 46.8 Å². The Hall–Kier alpha value is -2.62. The highest BCUT2D eigenvalue weighted by molar-refractivity contribution is 5.91. The lowest BCUT2D eigenvalue weighted by Crippen LogP contribution is -2.44. The first-order valence-electron chi connectivity index (χ1n) is 9.71. The second-order valence-corrected chi connectivity index (χ2v) is 7.86. The highest BCUT2D eigenvalue weighted by atomic mass is 16.3. The number of anilines is 1. The summed E-state index contributed by atoms with van der Waals surface area (Å²) in [6.45, 7) is 14.7. The van der Waals surface area contributed by atoms with Crippen LogP contribution in [0.5, 0.6) is 0 Å². The summed E-state index contributed by atoms with van der Waals surface area (Å²) < 4.78 is 6.28. The van der Waals surface area contributed by atoms with Crippen LogP contribution in [0.1, 0.15) is 45.7 Å². The van der Waals surface area contributed by atoms with Gasteiger partial charge in [-0.15, -0.1) is 0 Å². The maximum absolute atomic E-state index is 6.28. The van der Waals surface area contributed by atoms with Gasteiger partial charge in [0.1, 0.15) is 11.2 Å². The number of aromatic nitrogens is 1. The first-order chi connectivity index (χ1) is 12.8. The van der Waals surface area contributed by atoms with Crippen LogP contribution in [0.3, 0.4) is 0 Å². The van der Waals surface area contributed by atoms with E-state index in [1.165, 1.54) is 16.8 Å². The van der Waals surface area contributed by atoms with E-state index in [-0.39, 0.29) is 5.54 Å². The third-order valence-corrected chi connectivity index (χ3v) is 5.44. The fourth-order valence-corrected chi connectivity index (χ4v) is 4.26. The van der Waals surface area contributed by atoms with E-state index in [0.29, 0.717) is 0 Å². The van der Waals surface area contributed by atoms with Gasteiger partial charge in [-0.1, -0.05) is 6.08 Å². The lowest BCUT2D eigenvalue weighted by Gasteiger charge is -2.42. The third-order valence-electron chi connectivity index (χ3n) is 5.44. The Morgan fingerprint density at radius 1 is 1.11 bits per heavy atom. The monoisotopic (exact) mass is 361 g/mol. The van der Waals surface area contributed by atoms with E-state index in [1.807, 2.05) is 13.0 Å². The van der Waals surface area contributed by atoms with Crippen molar-refractivity contribution in [3.8, 4) is 11.5 Å². The second kappa shape index (κ2) is 6.22. The van der Waals surface area contributed by atoms with Crippen LogP contribution in [0, 0.1) is 6.92 Å². The quantitative estimate of drug-likeness (QED) is 0.590. The van der Waals surface area contributed by atoms with Gasteiger partial charge in [0.05, 0.1) is 10.9 Å². The van der Waals surface area contributed by atoms with Gasteiger partial charge in [0, 0.05) is 36.5 Å². The fraction of sp³-hybridized carbons (Fsp3) is 0.391. The topological polar surface area (TPSA) is 41.6 Å². The maximum atomic E-state index is 6.28. The summed E-state index contributed by atoms with van der Waals surface area (Å²) >= 11 is 0. The van der Waals surface area contributed by atoms with Gasteiger partial charge < -0.3 is 9.32 Å². The molecule has 0 fully saturated rings. The zero-order valence-electron chi connectivity index (χ0n) is 17.1. The van der Waals surface area contributed by atoms with Crippen molar-refractivity contribution in [2.24, 2.45) is 4.99 Å². The van der Waals surface area contributed by atoms with Crippen molar-refractivity contribution in [1.82, 2.24) is 4.98 Å². The average molecular weight is 361 g/mol. The predicted molar refractivity (Wildman–Crippen MR) is 112 cm³/mol. The van der Waals surface area contributed by atoms with E-state index in [1.54, 1.807) is 0 Å². The lowest BCUT2D eigenvalue weighted by atomic mass is 9.88. The molecule has 0 amide bonds. The van der Waals surface area contributed by atoms with Gasteiger partial charge in [0.2, 0.25) is 0 Å². The largest absolute Gasteiger partial charge is 0.453 e. The molecule has 140 valence electrons. The molecule has 0 unspecified atom stereocenters.